The van der Waals surface area contributed by atoms with E-state index in [2.05, 4.69) is 6.92 Å². The van der Waals surface area contributed by atoms with E-state index in [9.17, 15) is 30.0 Å². The molecule has 1 saturated heterocycles. The largest absolute Gasteiger partial charge is 0.459 e. The minimum absolute atomic E-state index is 0.0676. The molecule has 0 amide bonds. The summed E-state index contributed by atoms with van der Waals surface area (Å²) in [6.45, 7) is 9.77. The number of aliphatic hydroxyl groups excluding tert-OH is 2. The van der Waals surface area contributed by atoms with Crippen molar-refractivity contribution in [2.24, 2.45) is 40.4 Å². The topological polar surface area (TPSA) is 124 Å². The minimum Gasteiger partial charge on any atom is -0.459 e. The van der Waals surface area contributed by atoms with E-state index in [0.717, 1.165) is 18.4 Å². The van der Waals surface area contributed by atoms with Crippen LogP contribution in [0.4, 0.5) is 0 Å². The molecule has 36 heavy (non-hydrogen) atoms. The molecule has 5 aliphatic rings. The molecular formula is C29H44O7. The van der Waals surface area contributed by atoms with Crippen molar-refractivity contribution < 1.29 is 34.8 Å². The Morgan fingerprint density at radius 3 is 2.44 bits per heavy atom. The van der Waals surface area contributed by atoms with Gasteiger partial charge in [0.05, 0.1) is 23.7 Å². The third kappa shape index (κ3) is 3.38. The van der Waals surface area contributed by atoms with Crippen LogP contribution in [0.25, 0.3) is 0 Å². The molecule has 0 bridgehead atoms. The molecule has 0 aromatic rings. The van der Waals surface area contributed by atoms with Crippen molar-refractivity contribution in [2.75, 3.05) is 0 Å². The zero-order valence-corrected chi connectivity index (χ0v) is 22.4. The molecule has 1 aliphatic heterocycles. The quantitative estimate of drug-likeness (QED) is 0.436. The van der Waals surface area contributed by atoms with Gasteiger partial charge in [0, 0.05) is 11.3 Å². The van der Waals surface area contributed by atoms with Gasteiger partial charge in [-0.25, -0.2) is 0 Å². The number of ether oxygens (including phenoxy) is 1. The number of allylic oxidation sites excluding steroid dienone is 1. The van der Waals surface area contributed by atoms with E-state index >= 15 is 0 Å². The first-order valence-corrected chi connectivity index (χ1v) is 14.0. The van der Waals surface area contributed by atoms with E-state index < -0.39 is 40.3 Å². The first kappa shape index (κ1) is 26.3. The molecule has 4 aliphatic carbocycles. The van der Waals surface area contributed by atoms with Gasteiger partial charge < -0.3 is 25.2 Å². The van der Waals surface area contributed by atoms with Crippen LogP contribution in [0.1, 0.15) is 86.0 Å². The second-order valence-electron chi connectivity index (χ2n) is 13.4. The summed E-state index contributed by atoms with van der Waals surface area (Å²) in [4.78, 5) is 26.0. The van der Waals surface area contributed by atoms with Gasteiger partial charge in [-0.15, -0.1) is 0 Å². The molecule has 12 unspecified atom stereocenters. The highest BCUT2D eigenvalue weighted by atomic mass is 16.6. The Hall–Kier alpha value is -1.28. The molecule has 202 valence electrons. The molecule has 7 heteroatoms. The summed E-state index contributed by atoms with van der Waals surface area (Å²) < 4.78 is 5.81. The van der Waals surface area contributed by atoms with Crippen LogP contribution in [0.3, 0.4) is 0 Å². The maximum atomic E-state index is 13.4. The lowest BCUT2D eigenvalue weighted by Gasteiger charge is -2.61. The van der Waals surface area contributed by atoms with Crippen molar-refractivity contribution >= 4 is 11.8 Å². The Balaban J connectivity index is 1.49. The molecule has 0 radical (unpaired) electrons. The Morgan fingerprint density at radius 1 is 1.08 bits per heavy atom. The summed E-state index contributed by atoms with van der Waals surface area (Å²) in [6, 6.07) is 0. The summed E-state index contributed by atoms with van der Waals surface area (Å²) >= 11 is 0. The number of hydrogen-bond donors (Lipinski definition) is 4. The van der Waals surface area contributed by atoms with Gasteiger partial charge in [-0.3, -0.25) is 9.59 Å². The van der Waals surface area contributed by atoms with E-state index in [1.165, 1.54) is 0 Å². The number of hydrogen-bond acceptors (Lipinski definition) is 7. The van der Waals surface area contributed by atoms with Gasteiger partial charge in [-0.2, -0.15) is 0 Å². The Labute approximate surface area is 214 Å². The summed E-state index contributed by atoms with van der Waals surface area (Å²) in [7, 11) is 0. The summed E-state index contributed by atoms with van der Waals surface area (Å²) in [5.74, 6) is -1.13. The lowest BCUT2D eigenvalue weighted by molar-refractivity contribution is -0.207. The second-order valence-corrected chi connectivity index (χ2v) is 13.4. The highest BCUT2D eigenvalue weighted by Crippen LogP contribution is 2.68. The van der Waals surface area contributed by atoms with Crippen molar-refractivity contribution in [2.45, 2.75) is 115 Å². The average Bonchev–Trinajstić information content (AvgIpc) is 3.09. The molecular weight excluding hydrogens is 460 g/mol. The molecule has 1 heterocycles. The Kier molecular flexibility index (Phi) is 6.11. The summed E-state index contributed by atoms with van der Waals surface area (Å²) in [5, 5.41) is 45.2. The van der Waals surface area contributed by atoms with Gasteiger partial charge in [-0.05, 0) is 86.7 Å². The van der Waals surface area contributed by atoms with Crippen molar-refractivity contribution in [1.29, 1.82) is 0 Å². The maximum Gasteiger partial charge on any atom is 0.309 e. The second kappa shape index (κ2) is 8.36. The third-order valence-electron chi connectivity index (χ3n) is 11.9. The van der Waals surface area contributed by atoms with Gasteiger partial charge >= 0.3 is 5.97 Å². The summed E-state index contributed by atoms with van der Waals surface area (Å²) in [6.07, 6.45) is 3.62. The fourth-order valence-corrected chi connectivity index (χ4v) is 9.38. The van der Waals surface area contributed by atoms with E-state index in [-0.39, 0.29) is 47.8 Å². The summed E-state index contributed by atoms with van der Waals surface area (Å²) in [5.41, 5.74) is -3.05. The molecule has 3 saturated carbocycles. The predicted octanol–water partition coefficient (Wildman–Crippen LogP) is 2.92. The molecule has 12 atom stereocenters. The van der Waals surface area contributed by atoms with E-state index in [1.54, 1.807) is 13.0 Å². The maximum absolute atomic E-state index is 13.4. The SMILES string of the molecule is CCC1CC(C(C)(O)C2CCC3(O)C4=CC(=O)C5CC(O)C(O)CC5(C)C4CCC23C)OC(=O)C1C. The Bertz CT molecular complexity index is 973. The van der Waals surface area contributed by atoms with Gasteiger partial charge in [-0.1, -0.05) is 34.1 Å². The van der Waals surface area contributed by atoms with Crippen LogP contribution < -0.4 is 0 Å². The van der Waals surface area contributed by atoms with Gasteiger partial charge in [0.2, 0.25) is 0 Å². The number of aliphatic hydroxyl groups is 4. The van der Waals surface area contributed by atoms with E-state index in [4.69, 9.17) is 4.74 Å². The molecule has 0 spiro atoms. The van der Waals surface area contributed by atoms with Crippen molar-refractivity contribution in [3.8, 4) is 0 Å². The van der Waals surface area contributed by atoms with Crippen LogP contribution in [0.2, 0.25) is 0 Å². The molecule has 7 nitrogen and oxygen atoms in total. The van der Waals surface area contributed by atoms with E-state index in [0.29, 0.717) is 32.1 Å². The molecule has 5 rings (SSSR count). The van der Waals surface area contributed by atoms with Crippen LogP contribution in [0.5, 0.6) is 0 Å². The smallest absolute Gasteiger partial charge is 0.309 e. The lowest BCUT2D eigenvalue weighted by atomic mass is 9.45. The van der Waals surface area contributed by atoms with Gasteiger partial charge in [0.15, 0.2) is 5.78 Å². The fraction of sp³-hybridized carbons (Fsp3) is 0.862. The lowest BCUT2D eigenvalue weighted by Crippen LogP contribution is -2.63. The highest BCUT2D eigenvalue weighted by molar-refractivity contribution is 5.95. The third-order valence-corrected chi connectivity index (χ3v) is 11.9. The molecule has 0 aromatic carbocycles. The van der Waals surface area contributed by atoms with Crippen molar-refractivity contribution in [3.63, 3.8) is 0 Å². The van der Waals surface area contributed by atoms with Crippen LogP contribution >= 0.6 is 0 Å². The number of carbonyl (C=O) groups excluding carboxylic acids is 2. The monoisotopic (exact) mass is 504 g/mol. The number of carbonyl (C=O) groups is 2. The standard InChI is InChI=1S/C29H44O7/c1-6-16-11-24(36-25(33)15(16)2)28(5,34)23-8-10-29(35)18-12-20(30)19-13-21(31)22(32)14-26(19,3)17(18)7-9-27(23,29)4/h12,15-17,19,21-24,31-32,34-35H,6-11,13-14H2,1-5H3. The fourth-order valence-electron chi connectivity index (χ4n) is 9.38. The Morgan fingerprint density at radius 2 is 1.78 bits per heavy atom. The number of ketones is 1. The van der Waals surface area contributed by atoms with Crippen molar-refractivity contribution in [1.82, 2.24) is 0 Å². The van der Waals surface area contributed by atoms with Crippen LogP contribution in [0.15, 0.2) is 11.6 Å². The van der Waals surface area contributed by atoms with Crippen LogP contribution in [-0.2, 0) is 14.3 Å². The predicted molar refractivity (Wildman–Crippen MR) is 133 cm³/mol. The number of esters is 1. The van der Waals surface area contributed by atoms with Crippen molar-refractivity contribution in [3.05, 3.63) is 11.6 Å². The van der Waals surface area contributed by atoms with Crippen LogP contribution in [0, 0.1) is 40.4 Å². The average molecular weight is 505 g/mol. The zero-order valence-electron chi connectivity index (χ0n) is 22.4. The van der Waals surface area contributed by atoms with Gasteiger partial charge in [0.1, 0.15) is 11.7 Å². The minimum atomic E-state index is -1.31. The molecule has 4 fully saturated rings. The number of rotatable bonds is 3. The van der Waals surface area contributed by atoms with Crippen LogP contribution in [-0.4, -0.2) is 61.7 Å². The first-order chi connectivity index (χ1) is 16.7. The molecule has 4 N–H and O–H groups in total. The first-order valence-electron chi connectivity index (χ1n) is 14.0. The van der Waals surface area contributed by atoms with E-state index in [1.807, 2.05) is 20.8 Å². The zero-order chi connectivity index (χ0) is 26.4. The number of fused-ring (bicyclic) bond motifs is 5. The number of cyclic esters (lactones) is 1. The highest BCUT2D eigenvalue weighted by Gasteiger charge is 2.69. The normalized spacial score (nSPS) is 52.4. The molecule has 0 aromatic heterocycles. The van der Waals surface area contributed by atoms with Gasteiger partial charge in [0.25, 0.3) is 0 Å².